The Balaban J connectivity index is 1.94. The smallest absolute Gasteiger partial charge is 0.253 e. The number of likely N-dealkylation sites (N-methyl/N-ethyl adjacent to an activating group) is 1. The first-order valence-electron chi connectivity index (χ1n) is 8.34. The minimum absolute atomic E-state index is 0.133. The summed E-state index contributed by atoms with van der Waals surface area (Å²) in [7, 11) is 3.54. The van der Waals surface area contributed by atoms with Gasteiger partial charge in [0.1, 0.15) is 0 Å². The highest BCUT2D eigenvalue weighted by Crippen LogP contribution is 2.15. The molecule has 1 N–H and O–H groups in total. The average molecular weight is 320 g/mol. The molecule has 23 heavy (non-hydrogen) atoms. The summed E-state index contributed by atoms with van der Waals surface area (Å²) in [5, 5.41) is 9.78. The first-order chi connectivity index (χ1) is 11.1. The first-order valence-corrected chi connectivity index (χ1v) is 8.34. The Hall–Kier alpha value is -1.43. The Morgan fingerprint density at radius 2 is 2.09 bits per heavy atom. The molecule has 5 heteroatoms. The van der Waals surface area contributed by atoms with E-state index < -0.39 is 6.10 Å². The summed E-state index contributed by atoms with van der Waals surface area (Å²) in [6.07, 6.45) is 2.93. The van der Waals surface area contributed by atoms with Crippen molar-refractivity contribution in [2.75, 3.05) is 40.4 Å². The lowest BCUT2D eigenvalue weighted by atomic mass is 10.1. The molecule has 0 bridgehead atoms. The van der Waals surface area contributed by atoms with Gasteiger partial charge in [-0.15, -0.1) is 0 Å². The SMILES string of the molecule is COCC(O)CN(C)Cc1cccc(C(=O)N2CCCCC2)c1. The zero-order chi connectivity index (χ0) is 16.7. The van der Waals surface area contributed by atoms with Crippen LogP contribution < -0.4 is 0 Å². The molecule has 1 atom stereocenters. The van der Waals surface area contributed by atoms with Crippen molar-refractivity contribution in [2.45, 2.75) is 31.9 Å². The molecule has 1 saturated heterocycles. The van der Waals surface area contributed by atoms with Crippen LogP contribution in [0.3, 0.4) is 0 Å². The summed E-state index contributed by atoms with van der Waals surface area (Å²) >= 11 is 0. The first kappa shape index (κ1) is 17.9. The van der Waals surface area contributed by atoms with Gasteiger partial charge in [0.2, 0.25) is 0 Å². The molecule has 1 unspecified atom stereocenters. The standard InChI is InChI=1S/C18H28N2O3/c1-19(13-17(21)14-23-2)12-15-7-6-8-16(11-15)18(22)20-9-4-3-5-10-20/h6-8,11,17,21H,3-5,9-10,12-14H2,1-2H3. The van der Waals surface area contributed by atoms with Gasteiger partial charge in [-0.3, -0.25) is 9.69 Å². The zero-order valence-electron chi connectivity index (χ0n) is 14.2. The van der Waals surface area contributed by atoms with Crippen molar-refractivity contribution in [1.29, 1.82) is 0 Å². The third-order valence-corrected chi connectivity index (χ3v) is 4.15. The lowest BCUT2D eigenvalue weighted by Gasteiger charge is -2.27. The molecular weight excluding hydrogens is 292 g/mol. The lowest BCUT2D eigenvalue weighted by Crippen LogP contribution is -2.35. The van der Waals surface area contributed by atoms with E-state index in [9.17, 15) is 9.90 Å². The van der Waals surface area contributed by atoms with Crippen molar-refractivity contribution in [3.8, 4) is 0 Å². The fourth-order valence-corrected chi connectivity index (χ4v) is 3.06. The van der Waals surface area contributed by atoms with Gasteiger partial charge in [-0.05, 0) is 44.0 Å². The highest BCUT2D eigenvalue weighted by molar-refractivity contribution is 5.94. The number of benzene rings is 1. The Kier molecular flexibility index (Phi) is 7.02. The Morgan fingerprint density at radius 1 is 1.35 bits per heavy atom. The molecule has 1 amide bonds. The number of aliphatic hydroxyl groups is 1. The largest absolute Gasteiger partial charge is 0.389 e. The quantitative estimate of drug-likeness (QED) is 0.832. The maximum Gasteiger partial charge on any atom is 0.253 e. The highest BCUT2D eigenvalue weighted by Gasteiger charge is 2.18. The van der Waals surface area contributed by atoms with Gasteiger partial charge >= 0.3 is 0 Å². The fraction of sp³-hybridized carbons (Fsp3) is 0.611. The van der Waals surface area contributed by atoms with E-state index in [0.717, 1.165) is 37.1 Å². The van der Waals surface area contributed by atoms with E-state index >= 15 is 0 Å². The van der Waals surface area contributed by atoms with E-state index in [1.807, 2.05) is 41.1 Å². The van der Waals surface area contributed by atoms with E-state index in [-0.39, 0.29) is 5.91 Å². The van der Waals surface area contributed by atoms with Crippen molar-refractivity contribution < 1.29 is 14.6 Å². The summed E-state index contributed by atoms with van der Waals surface area (Å²) < 4.78 is 4.95. The Labute approximate surface area is 138 Å². The molecule has 1 fully saturated rings. The summed E-state index contributed by atoms with van der Waals surface area (Å²) in [5.41, 5.74) is 1.84. The van der Waals surface area contributed by atoms with Crippen LogP contribution in [0.2, 0.25) is 0 Å². The van der Waals surface area contributed by atoms with E-state index in [2.05, 4.69) is 0 Å². The molecule has 1 aromatic rings. The van der Waals surface area contributed by atoms with Crippen LogP contribution in [-0.2, 0) is 11.3 Å². The number of piperidine rings is 1. The van der Waals surface area contributed by atoms with Crippen LogP contribution in [0.15, 0.2) is 24.3 Å². The van der Waals surface area contributed by atoms with Gasteiger partial charge in [0.15, 0.2) is 0 Å². The Bertz CT molecular complexity index is 501. The van der Waals surface area contributed by atoms with Gasteiger partial charge in [-0.25, -0.2) is 0 Å². The van der Waals surface area contributed by atoms with Gasteiger partial charge in [-0.1, -0.05) is 12.1 Å². The fourth-order valence-electron chi connectivity index (χ4n) is 3.06. The molecule has 2 rings (SSSR count). The van der Waals surface area contributed by atoms with Crippen molar-refractivity contribution in [3.05, 3.63) is 35.4 Å². The van der Waals surface area contributed by atoms with E-state index in [4.69, 9.17) is 4.74 Å². The van der Waals surface area contributed by atoms with Crippen LogP contribution in [0.25, 0.3) is 0 Å². The van der Waals surface area contributed by atoms with Gasteiger partial charge in [0, 0.05) is 38.9 Å². The predicted molar refractivity (Wildman–Crippen MR) is 90.4 cm³/mol. The van der Waals surface area contributed by atoms with Crippen LogP contribution >= 0.6 is 0 Å². The van der Waals surface area contributed by atoms with E-state index in [0.29, 0.717) is 19.7 Å². The third-order valence-electron chi connectivity index (χ3n) is 4.15. The number of likely N-dealkylation sites (tertiary alicyclic amines) is 1. The molecule has 128 valence electrons. The van der Waals surface area contributed by atoms with E-state index in [1.165, 1.54) is 6.42 Å². The molecule has 1 aliphatic rings. The predicted octanol–water partition coefficient (Wildman–Crippen LogP) is 1.75. The number of carbonyl (C=O) groups is 1. The van der Waals surface area contributed by atoms with Crippen molar-refractivity contribution in [1.82, 2.24) is 9.80 Å². The van der Waals surface area contributed by atoms with Crippen molar-refractivity contribution in [2.24, 2.45) is 0 Å². The zero-order valence-corrected chi connectivity index (χ0v) is 14.2. The molecule has 5 nitrogen and oxygen atoms in total. The van der Waals surface area contributed by atoms with Gasteiger partial charge in [-0.2, -0.15) is 0 Å². The number of carbonyl (C=O) groups excluding carboxylic acids is 1. The maximum atomic E-state index is 12.6. The number of rotatable bonds is 7. The van der Waals surface area contributed by atoms with Crippen LogP contribution in [0.5, 0.6) is 0 Å². The lowest BCUT2D eigenvalue weighted by molar-refractivity contribution is 0.0418. The number of hydrogen-bond donors (Lipinski definition) is 1. The van der Waals surface area contributed by atoms with Crippen LogP contribution in [0, 0.1) is 0 Å². The second-order valence-electron chi connectivity index (χ2n) is 6.36. The van der Waals surface area contributed by atoms with Gasteiger partial charge in [0.25, 0.3) is 5.91 Å². The van der Waals surface area contributed by atoms with Crippen LogP contribution in [-0.4, -0.2) is 67.3 Å². The molecule has 0 aliphatic carbocycles. The minimum Gasteiger partial charge on any atom is -0.389 e. The summed E-state index contributed by atoms with van der Waals surface area (Å²) in [6.45, 7) is 3.30. The summed E-state index contributed by atoms with van der Waals surface area (Å²) in [4.78, 5) is 16.5. The normalized spacial score (nSPS) is 16.6. The molecule has 0 spiro atoms. The molecule has 0 radical (unpaired) electrons. The number of nitrogens with zero attached hydrogens (tertiary/aromatic N) is 2. The summed E-state index contributed by atoms with van der Waals surface area (Å²) in [5.74, 6) is 0.133. The number of ether oxygens (including phenoxy) is 1. The van der Waals surface area contributed by atoms with Crippen LogP contribution in [0.1, 0.15) is 35.2 Å². The van der Waals surface area contributed by atoms with Gasteiger partial charge < -0.3 is 14.7 Å². The highest BCUT2D eigenvalue weighted by atomic mass is 16.5. The number of methoxy groups -OCH3 is 1. The van der Waals surface area contributed by atoms with E-state index in [1.54, 1.807) is 7.11 Å². The second-order valence-corrected chi connectivity index (χ2v) is 6.36. The molecule has 0 saturated carbocycles. The molecule has 0 aromatic heterocycles. The number of aliphatic hydroxyl groups excluding tert-OH is 1. The topological polar surface area (TPSA) is 53.0 Å². The monoisotopic (exact) mass is 320 g/mol. The molecular formula is C18H28N2O3. The molecule has 1 heterocycles. The average Bonchev–Trinajstić information content (AvgIpc) is 2.55. The van der Waals surface area contributed by atoms with Gasteiger partial charge in [0.05, 0.1) is 12.7 Å². The Morgan fingerprint density at radius 3 is 2.78 bits per heavy atom. The second kappa shape index (κ2) is 9.01. The van der Waals surface area contributed by atoms with Crippen molar-refractivity contribution in [3.63, 3.8) is 0 Å². The molecule has 1 aliphatic heterocycles. The maximum absolute atomic E-state index is 12.6. The minimum atomic E-state index is -0.497. The van der Waals surface area contributed by atoms with Crippen LogP contribution in [0.4, 0.5) is 0 Å². The number of amides is 1. The third kappa shape index (κ3) is 5.61. The number of hydrogen-bond acceptors (Lipinski definition) is 4. The summed E-state index contributed by atoms with van der Waals surface area (Å²) in [6, 6.07) is 7.81. The molecule has 1 aromatic carbocycles. The van der Waals surface area contributed by atoms with Crippen molar-refractivity contribution >= 4 is 5.91 Å².